The predicted octanol–water partition coefficient (Wildman–Crippen LogP) is 2.39. The van der Waals surface area contributed by atoms with Crippen molar-refractivity contribution in [2.75, 3.05) is 39.4 Å². The number of morpholine rings is 1. The molecule has 144 valence electrons. The van der Waals surface area contributed by atoms with Crippen molar-refractivity contribution in [2.24, 2.45) is 5.92 Å². The molecule has 6 nitrogen and oxygen atoms in total. The van der Waals surface area contributed by atoms with Crippen LogP contribution in [0.5, 0.6) is 0 Å². The molecule has 1 unspecified atom stereocenters. The van der Waals surface area contributed by atoms with Gasteiger partial charge < -0.3 is 9.64 Å². The van der Waals surface area contributed by atoms with E-state index in [0.717, 1.165) is 0 Å². The lowest BCUT2D eigenvalue weighted by Crippen LogP contribution is -2.49. The van der Waals surface area contributed by atoms with Gasteiger partial charge in [-0.15, -0.1) is 0 Å². The van der Waals surface area contributed by atoms with Crippen LogP contribution in [0.2, 0.25) is 10.0 Å². The van der Waals surface area contributed by atoms with E-state index in [-0.39, 0.29) is 24.1 Å². The fraction of sp³-hybridized carbons (Fsp3) is 0.588. The van der Waals surface area contributed by atoms with Crippen LogP contribution >= 0.6 is 23.2 Å². The van der Waals surface area contributed by atoms with Gasteiger partial charge in [0, 0.05) is 41.8 Å². The van der Waals surface area contributed by atoms with Crippen LogP contribution in [0.3, 0.4) is 0 Å². The third-order valence-electron chi connectivity index (χ3n) is 4.84. The monoisotopic (exact) mass is 420 g/mol. The van der Waals surface area contributed by atoms with E-state index >= 15 is 0 Å². The molecule has 0 saturated carbocycles. The number of rotatable bonds is 4. The first-order chi connectivity index (χ1) is 12.4. The summed E-state index contributed by atoms with van der Waals surface area (Å²) in [5.41, 5.74) is 0.400. The molecule has 1 atom stereocenters. The van der Waals surface area contributed by atoms with Crippen molar-refractivity contribution in [3.63, 3.8) is 0 Å². The van der Waals surface area contributed by atoms with E-state index in [2.05, 4.69) is 0 Å². The second kappa shape index (κ2) is 8.44. The molecule has 0 bridgehead atoms. The molecule has 1 aromatic rings. The van der Waals surface area contributed by atoms with Gasteiger partial charge in [0.05, 0.1) is 24.9 Å². The lowest BCUT2D eigenvalue weighted by atomic mass is 9.98. The summed E-state index contributed by atoms with van der Waals surface area (Å²) in [6.07, 6.45) is 1.37. The van der Waals surface area contributed by atoms with Crippen LogP contribution in [0.25, 0.3) is 0 Å². The highest BCUT2D eigenvalue weighted by molar-refractivity contribution is 7.88. The predicted molar refractivity (Wildman–Crippen MR) is 101 cm³/mol. The average molecular weight is 421 g/mol. The Kier molecular flexibility index (Phi) is 6.45. The zero-order chi connectivity index (χ0) is 18.7. The number of hydrogen-bond acceptors (Lipinski definition) is 4. The second-order valence-corrected chi connectivity index (χ2v) is 9.37. The quantitative estimate of drug-likeness (QED) is 0.749. The standard InChI is InChI=1S/C17H22Cl2N2O4S/c18-15-4-1-5-16(19)14(15)12-26(23,24)21-6-2-3-13(11-21)17(22)20-7-9-25-10-8-20/h1,4-5,13H,2-3,6-12H2. The van der Waals surface area contributed by atoms with Crippen molar-refractivity contribution in [3.8, 4) is 0 Å². The molecule has 0 spiro atoms. The summed E-state index contributed by atoms with van der Waals surface area (Å²) >= 11 is 12.2. The molecule has 0 aromatic heterocycles. The number of carbonyl (C=O) groups excluding carboxylic acids is 1. The Balaban J connectivity index is 1.70. The minimum Gasteiger partial charge on any atom is -0.378 e. The lowest BCUT2D eigenvalue weighted by Gasteiger charge is -2.35. The number of sulfonamides is 1. The average Bonchev–Trinajstić information content (AvgIpc) is 2.65. The van der Waals surface area contributed by atoms with Gasteiger partial charge in [-0.2, -0.15) is 0 Å². The smallest absolute Gasteiger partial charge is 0.227 e. The molecule has 3 rings (SSSR count). The number of nitrogens with zero attached hydrogens (tertiary/aromatic N) is 2. The van der Waals surface area contributed by atoms with Crippen molar-refractivity contribution in [3.05, 3.63) is 33.8 Å². The van der Waals surface area contributed by atoms with Gasteiger partial charge in [0.25, 0.3) is 0 Å². The summed E-state index contributed by atoms with van der Waals surface area (Å²) in [6.45, 7) is 2.82. The first-order valence-corrected chi connectivity index (χ1v) is 11.0. The van der Waals surface area contributed by atoms with E-state index in [1.165, 1.54) is 4.31 Å². The number of carbonyl (C=O) groups is 1. The minimum atomic E-state index is -3.61. The number of amides is 1. The highest BCUT2D eigenvalue weighted by Crippen LogP contribution is 2.29. The zero-order valence-electron chi connectivity index (χ0n) is 14.4. The Morgan fingerprint density at radius 1 is 1.15 bits per heavy atom. The number of hydrogen-bond donors (Lipinski definition) is 0. The molecule has 1 amide bonds. The molecular formula is C17H22Cl2N2O4S. The molecule has 1 aromatic carbocycles. The molecule has 2 aliphatic heterocycles. The van der Waals surface area contributed by atoms with Gasteiger partial charge in [-0.3, -0.25) is 4.79 Å². The summed E-state index contributed by atoms with van der Waals surface area (Å²) in [6, 6.07) is 4.93. The van der Waals surface area contributed by atoms with Gasteiger partial charge in [0.15, 0.2) is 0 Å². The van der Waals surface area contributed by atoms with Crippen LogP contribution in [0, 0.1) is 5.92 Å². The van der Waals surface area contributed by atoms with Gasteiger partial charge in [-0.25, -0.2) is 12.7 Å². The van der Waals surface area contributed by atoms with E-state index in [1.807, 2.05) is 0 Å². The van der Waals surface area contributed by atoms with Crippen LogP contribution in [0.1, 0.15) is 18.4 Å². The Morgan fingerprint density at radius 2 is 1.81 bits per heavy atom. The highest BCUT2D eigenvalue weighted by atomic mass is 35.5. The van der Waals surface area contributed by atoms with Crippen LogP contribution < -0.4 is 0 Å². The van der Waals surface area contributed by atoms with Crippen LogP contribution in [0.15, 0.2) is 18.2 Å². The molecule has 9 heteroatoms. The summed E-state index contributed by atoms with van der Waals surface area (Å²) in [5.74, 6) is -0.549. The number of benzene rings is 1. The summed E-state index contributed by atoms with van der Waals surface area (Å²) in [4.78, 5) is 14.5. The first-order valence-electron chi connectivity index (χ1n) is 8.66. The Labute approximate surface area is 164 Å². The maximum absolute atomic E-state index is 12.9. The lowest BCUT2D eigenvalue weighted by molar-refractivity contribution is -0.140. The summed E-state index contributed by atoms with van der Waals surface area (Å²) < 4.78 is 32.4. The van der Waals surface area contributed by atoms with Crippen molar-refractivity contribution in [1.82, 2.24) is 9.21 Å². The van der Waals surface area contributed by atoms with Crippen LogP contribution in [-0.4, -0.2) is 62.9 Å². The van der Waals surface area contributed by atoms with E-state index in [9.17, 15) is 13.2 Å². The van der Waals surface area contributed by atoms with E-state index in [1.54, 1.807) is 23.1 Å². The SMILES string of the molecule is O=C(C1CCCN(S(=O)(=O)Cc2c(Cl)cccc2Cl)C1)N1CCOCC1. The maximum atomic E-state index is 12.9. The van der Waals surface area contributed by atoms with Crippen LogP contribution in [-0.2, 0) is 25.3 Å². The molecule has 2 heterocycles. The van der Waals surface area contributed by atoms with Crippen molar-refractivity contribution < 1.29 is 17.9 Å². The number of halogens is 2. The van der Waals surface area contributed by atoms with Gasteiger partial charge in [-0.1, -0.05) is 29.3 Å². The topological polar surface area (TPSA) is 66.9 Å². The molecule has 0 N–H and O–H groups in total. The maximum Gasteiger partial charge on any atom is 0.227 e. The van der Waals surface area contributed by atoms with Gasteiger partial charge in [0.1, 0.15) is 0 Å². The molecule has 0 radical (unpaired) electrons. The molecule has 26 heavy (non-hydrogen) atoms. The molecular weight excluding hydrogens is 399 g/mol. The highest BCUT2D eigenvalue weighted by Gasteiger charge is 2.35. The number of piperidine rings is 1. The Morgan fingerprint density at radius 3 is 2.46 bits per heavy atom. The Bertz CT molecular complexity index is 746. The zero-order valence-corrected chi connectivity index (χ0v) is 16.7. The second-order valence-electron chi connectivity index (χ2n) is 6.59. The normalized spacial score (nSPS) is 22.4. The minimum absolute atomic E-state index is 0.0176. The van der Waals surface area contributed by atoms with Gasteiger partial charge >= 0.3 is 0 Å². The third-order valence-corrected chi connectivity index (χ3v) is 7.32. The van der Waals surface area contributed by atoms with Gasteiger partial charge in [-0.05, 0) is 25.0 Å². The molecule has 2 saturated heterocycles. The van der Waals surface area contributed by atoms with Crippen molar-refractivity contribution in [1.29, 1.82) is 0 Å². The molecule has 2 aliphatic rings. The van der Waals surface area contributed by atoms with Crippen molar-refractivity contribution in [2.45, 2.75) is 18.6 Å². The first kappa shape index (κ1) is 19.9. The summed E-state index contributed by atoms with van der Waals surface area (Å²) in [7, 11) is -3.61. The fourth-order valence-electron chi connectivity index (χ4n) is 3.38. The van der Waals surface area contributed by atoms with E-state index in [4.69, 9.17) is 27.9 Å². The molecule has 2 fully saturated rings. The van der Waals surface area contributed by atoms with E-state index < -0.39 is 10.0 Å². The van der Waals surface area contributed by atoms with Gasteiger partial charge in [0.2, 0.25) is 15.9 Å². The van der Waals surface area contributed by atoms with E-state index in [0.29, 0.717) is 61.3 Å². The fourth-order valence-corrected chi connectivity index (χ4v) is 5.74. The largest absolute Gasteiger partial charge is 0.378 e. The van der Waals surface area contributed by atoms with Crippen molar-refractivity contribution >= 4 is 39.1 Å². The third kappa shape index (κ3) is 4.51. The Hall–Kier alpha value is -0.860. The van der Waals surface area contributed by atoms with Crippen LogP contribution in [0.4, 0.5) is 0 Å². The summed E-state index contributed by atoms with van der Waals surface area (Å²) in [5, 5.41) is 0.665. The molecule has 0 aliphatic carbocycles. The number of ether oxygens (including phenoxy) is 1.